The van der Waals surface area contributed by atoms with Gasteiger partial charge < -0.3 is 4.90 Å². The summed E-state index contributed by atoms with van der Waals surface area (Å²) in [5.41, 5.74) is 1.52. The van der Waals surface area contributed by atoms with E-state index in [-0.39, 0.29) is 5.91 Å². The van der Waals surface area contributed by atoms with Gasteiger partial charge in [0.05, 0.1) is 12.5 Å². The summed E-state index contributed by atoms with van der Waals surface area (Å²) in [6.45, 7) is 6.03. The number of hydrogen-bond acceptors (Lipinski definition) is 2. The van der Waals surface area contributed by atoms with Gasteiger partial charge in [0.1, 0.15) is 0 Å². The molecule has 2 atom stereocenters. The Bertz CT molecular complexity index is 494. The largest absolute Gasteiger partial charge is 0.338 e. The molecule has 0 radical (unpaired) electrons. The van der Waals surface area contributed by atoms with Crippen molar-refractivity contribution in [3.05, 3.63) is 35.4 Å². The summed E-state index contributed by atoms with van der Waals surface area (Å²) in [6.07, 6.45) is 1.48. The highest BCUT2D eigenvalue weighted by atomic mass is 16.2. The van der Waals surface area contributed by atoms with E-state index in [1.54, 1.807) is 0 Å². The lowest BCUT2D eigenvalue weighted by Crippen LogP contribution is -2.42. The lowest BCUT2D eigenvalue weighted by molar-refractivity contribution is 0.0622. The van der Waals surface area contributed by atoms with Crippen molar-refractivity contribution in [1.82, 2.24) is 4.90 Å². The first-order chi connectivity index (χ1) is 9.11. The van der Waals surface area contributed by atoms with Gasteiger partial charge in [-0.15, -0.1) is 0 Å². The van der Waals surface area contributed by atoms with Crippen LogP contribution in [0, 0.1) is 23.2 Å². The predicted molar refractivity (Wildman–Crippen MR) is 74.6 cm³/mol. The van der Waals surface area contributed by atoms with Crippen molar-refractivity contribution >= 4 is 5.91 Å². The van der Waals surface area contributed by atoms with Gasteiger partial charge in [0.2, 0.25) is 0 Å². The van der Waals surface area contributed by atoms with Gasteiger partial charge in [0.25, 0.3) is 5.91 Å². The Hall–Kier alpha value is -1.82. The van der Waals surface area contributed by atoms with E-state index in [2.05, 4.69) is 19.9 Å². The Kier molecular flexibility index (Phi) is 4.21. The van der Waals surface area contributed by atoms with Crippen molar-refractivity contribution in [1.29, 1.82) is 5.26 Å². The normalized spacial score (nSPS) is 22.9. The van der Waals surface area contributed by atoms with E-state index in [1.807, 2.05) is 29.2 Å². The fourth-order valence-corrected chi connectivity index (χ4v) is 2.97. The summed E-state index contributed by atoms with van der Waals surface area (Å²) in [6, 6.07) is 9.58. The lowest BCUT2D eigenvalue weighted by Gasteiger charge is -2.35. The molecule has 3 heteroatoms. The predicted octanol–water partition coefficient (Wildman–Crippen LogP) is 2.87. The Morgan fingerprint density at radius 2 is 1.95 bits per heavy atom. The van der Waals surface area contributed by atoms with Gasteiger partial charge in [-0.1, -0.05) is 32.0 Å². The minimum absolute atomic E-state index is 0.0734. The topological polar surface area (TPSA) is 44.1 Å². The van der Waals surface area contributed by atoms with Crippen LogP contribution in [0.4, 0.5) is 0 Å². The van der Waals surface area contributed by atoms with E-state index >= 15 is 0 Å². The maximum atomic E-state index is 12.6. The van der Waals surface area contributed by atoms with Crippen molar-refractivity contribution in [2.45, 2.75) is 26.7 Å². The minimum atomic E-state index is 0.0734. The van der Waals surface area contributed by atoms with E-state index < -0.39 is 0 Å². The van der Waals surface area contributed by atoms with Crippen LogP contribution in [-0.2, 0) is 6.42 Å². The van der Waals surface area contributed by atoms with Crippen LogP contribution in [0.15, 0.2) is 24.3 Å². The van der Waals surface area contributed by atoms with Gasteiger partial charge >= 0.3 is 0 Å². The second-order valence-electron chi connectivity index (χ2n) is 5.65. The van der Waals surface area contributed by atoms with E-state index in [4.69, 9.17) is 5.26 Å². The molecular weight excluding hydrogens is 236 g/mol. The van der Waals surface area contributed by atoms with Gasteiger partial charge in [-0.25, -0.2) is 0 Å². The number of likely N-dealkylation sites (tertiary alicyclic amines) is 1. The maximum Gasteiger partial charge on any atom is 0.254 e. The summed E-state index contributed by atoms with van der Waals surface area (Å²) < 4.78 is 0. The molecule has 1 aliphatic rings. The highest BCUT2D eigenvalue weighted by Gasteiger charge is 2.26. The first-order valence-corrected chi connectivity index (χ1v) is 6.86. The smallest absolute Gasteiger partial charge is 0.254 e. The van der Waals surface area contributed by atoms with Gasteiger partial charge in [0, 0.05) is 18.7 Å². The quantitative estimate of drug-likeness (QED) is 0.816. The number of benzene rings is 1. The highest BCUT2D eigenvalue weighted by Crippen LogP contribution is 2.23. The molecule has 1 saturated heterocycles. The van der Waals surface area contributed by atoms with E-state index in [9.17, 15) is 4.79 Å². The zero-order chi connectivity index (χ0) is 13.8. The number of nitriles is 1. The van der Waals surface area contributed by atoms with E-state index in [0.717, 1.165) is 18.7 Å². The fraction of sp³-hybridized carbons (Fsp3) is 0.500. The second-order valence-corrected chi connectivity index (χ2v) is 5.65. The molecule has 0 bridgehead atoms. The molecule has 0 aliphatic carbocycles. The van der Waals surface area contributed by atoms with E-state index in [0.29, 0.717) is 23.8 Å². The monoisotopic (exact) mass is 256 g/mol. The van der Waals surface area contributed by atoms with Crippen molar-refractivity contribution < 1.29 is 4.79 Å². The minimum Gasteiger partial charge on any atom is -0.338 e. The van der Waals surface area contributed by atoms with Crippen LogP contribution >= 0.6 is 0 Å². The standard InChI is InChI=1S/C16H20N2O/c1-12-9-13(2)11-18(10-12)16(19)15-6-4-3-5-14(15)7-8-17/h3-6,12-13H,7,9-11H2,1-2H3. The molecule has 3 nitrogen and oxygen atoms in total. The number of piperidine rings is 1. The molecule has 1 fully saturated rings. The zero-order valence-electron chi connectivity index (χ0n) is 11.6. The molecule has 0 N–H and O–H groups in total. The Morgan fingerprint density at radius 3 is 2.58 bits per heavy atom. The third kappa shape index (κ3) is 3.14. The van der Waals surface area contributed by atoms with Gasteiger partial charge in [0.15, 0.2) is 0 Å². The van der Waals surface area contributed by atoms with Gasteiger partial charge in [-0.05, 0) is 29.9 Å². The molecule has 1 amide bonds. The number of rotatable bonds is 2. The van der Waals surface area contributed by atoms with Crippen LogP contribution in [0.25, 0.3) is 0 Å². The Morgan fingerprint density at radius 1 is 1.32 bits per heavy atom. The summed E-state index contributed by atoms with van der Waals surface area (Å²) in [5.74, 6) is 1.18. The average Bonchev–Trinajstić information content (AvgIpc) is 2.38. The molecule has 1 heterocycles. The van der Waals surface area contributed by atoms with Crippen LogP contribution in [-0.4, -0.2) is 23.9 Å². The SMILES string of the molecule is CC1CC(C)CN(C(=O)c2ccccc2CC#N)C1. The first kappa shape index (κ1) is 13.6. The molecule has 2 rings (SSSR count). The summed E-state index contributed by atoms with van der Waals surface area (Å²) >= 11 is 0. The molecule has 1 aromatic carbocycles. The van der Waals surface area contributed by atoms with Crippen LogP contribution < -0.4 is 0 Å². The molecule has 19 heavy (non-hydrogen) atoms. The van der Waals surface area contributed by atoms with Crippen LogP contribution in [0.2, 0.25) is 0 Å². The highest BCUT2D eigenvalue weighted by molar-refractivity contribution is 5.95. The molecule has 0 spiro atoms. The Labute approximate surface area is 114 Å². The first-order valence-electron chi connectivity index (χ1n) is 6.86. The van der Waals surface area contributed by atoms with Crippen molar-refractivity contribution in [2.75, 3.05) is 13.1 Å². The molecular formula is C16H20N2O. The average molecular weight is 256 g/mol. The molecule has 1 aliphatic heterocycles. The number of carbonyl (C=O) groups is 1. The number of hydrogen-bond donors (Lipinski definition) is 0. The van der Waals surface area contributed by atoms with Crippen molar-refractivity contribution in [3.8, 4) is 6.07 Å². The van der Waals surface area contributed by atoms with Gasteiger partial charge in [-0.3, -0.25) is 4.79 Å². The third-order valence-electron chi connectivity index (χ3n) is 3.67. The molecule has 0 saturated carbocycles. The molecule has 0 aromatic heterocycles. The van der Waals surface area contributed by atoms with Gasteiger partial charge in [-0.2, -0.15) is 5.26 Å². The summed E-state index contributed by atoms with van der Waals surface area (Å²) in [4.78, 5) is 14.5. The molecule has 100 valence electrons. The Balaban J connectivity index is 2.22. The summed E-state index contributed by atoms with van der Waals surface area (Å²) in [7, 11) is 0. The number of nitrogens with zero attached hydrogens (tertiary/aromatic N) is 2. The van der Waals surface area contributed by atoms with Crippen molar-refractivity contribution in [2.24, 2.45) is 11.8 Å². The van der Waals surface area contributed by atoms with Crippen LogP contribution in [0.3, 0.4) is 0 Å². The number of amides is 1. The summed E-state index contributed by atoms with van der Waals surface area (Å²) in [5, 5.41) is 8.85. The third-order valence-corrected chi connectivity index (χ3v) is 3.67. The fourth-order valence-electron chi connectivity index (χ4n) is 2.97. The van der Waals surface area contributed by atoms with Crippen LogP contribution in [0.1, 0.15) is 36.2 Å². The van der Waals surface area contributed by atoms with Crippen LogP contribution in [0.5, 0.6) is 0 Å². The lowest BCUT2D eigenvalue weighted by atomic mass is 9.91. The molecule has 1 aromatic rings. The maximum absolute atomic E-state index is 12.6. The van der Waals surface area contributed by atoms with E-state index in [1.165, 1.54) is 6.42 Å². The van der Waals surface area contributed by atoms with Crippen molar-refractivity contribution in [3.63, 3.8) is 0 Å². The second kappa shape index (κ2) is 5.88. The number of carbonyl (C=O) groups excluding carboxylic acids is 1. The molecule has 2 unspecified atom stereocenters. The zero-order valence-corrected chi connectivity index (χ0v) is 11.6.